The van der Waals surface area contributed by atoms with Gasteiger partial charge in [-0.1, -0.05) is 66.7 Å². The lowest BCUT2D eigenvalue weighted by Crippen LogP contribution is -2.23. The van der Waals surface area contributed by atoms with Crippen LogP contribution in [0.15, 0.2) is 90.3 Å². The van der Waals surface area contributed by atoms with Crippen LogP contribution in [0, 0.1) is 0 Å². The molecule has 1 aromatic heterocycles. The summed E-state index contributed by atoms with van der Waals surface area (Å²) in [5, 5.41) is 25.0. The lowest BCUT2D eigenvalue weighted by atomic mass is 9.97. The largest absolute Gasteiger partial charge is 0.478 e. The average Bonchev–Trinajstić information content (AvgIpc) is 3.37. The molecule has 0 radical (unpaired) electrons. The van der Waals surface area contributed by atoms with Crippen LogP contribution >= 0.6 is 23.7 Å². The first-order chi connectivity index (χ1) is 15.6. The number of aromatic carboxylic acids is 1. The summed E-state index contributed by atoms with van der Waals surface area (Å²) in [7, 11) is 0. The molecular weight excluding hydrogens is 454 g/mol. The van der Waals surface area contributed by atoms with Crippen molar-refractivity contribution in [1.29, 1.82) is 0 Å². The second kappa shape index (κ2) is 11.8. The zero-order valence-electron chi connectivity index (χ0n) is 18.0. The fraction of sp³-hybridized carbons (Fsp3) is 0.148. The van der Waals surface area contributed by atoms with Crippen molar-refractivity contribution >= 4 is 29.7 Å². The Morgan fingerprint density at radius 1 is 0.909 bits per heavy atom. The van der Waals surface area contributed by atoms with Crippen molar-refractivity contribution in [2.24, 2.45) is 0 Å². The van der Waals surface area contributed by atoms with Crippen LogP contribution in [0.3, 0.4) is 0 Å². The summed E-state index contributed by atoms with van der Waals surface area (Å²) in [5.74, 6) is -0.916. The van der Waals surface area contributed by atoms with Crippen LogP contribution in [0.25, 0.3) is 21.6 Å². The average molecular weight is 480 g/mol. The molecule has 0 amide bonds. The van der Waals surface area contributed by atoms with E-state index < -0.39 is 12.1 Å². The van der Waals surface area contributed by atoms with Gasteiger partial charge in [0.25, 0.3) is 0 Å². The Morgan fingerprint density at radius 3 is 2.30 bits per heavy atom. The third-order valence-electron chi connectivity index (χ3n) is 5.44. The van der Waals surface area contributed by atoms with Gasteiger partial charge in [0.1, 0.15) is 0 Å². The minimum atomic E-state index is -0.916. The van der Waals surface area contributed by atoms with Gasteiger partial charge in [-0.15, -0.1) is 23.7 Å². The molecule has 0 aliphatic heterocycles. The van der Waals surface area contributed by atoms with E-state index in [-0.39, 0.29) is 12.4 Å². The Balaban J connectivity index is 0.00000306. The first-order valence-electron chi connectivity index (χ1n) is 10.6. The van der Waals surface area contributed by atoms with E-state index in [1.165, 1.54) is 16.9 Å². The van der Waals surface area contributed by atoms with E-state index in [4.69, 9.17) is 0 Å². The maximum Gasteiger partial charge on any atom is 0.336 e. The quantitative estimate of drug-likeness (QED) is 0.255. The number of rotatable bonds is 9. The molecule has 0 unspecified atom stereocenters. The fourth-order valence-electron chi connectivity index (χ4n) is 3.67. The number of hydrogen-bond donors (Lipinski definition) is 3. The molecular formula is C27H26ClNO3S. The number of thiophene rings is 1. The second-order valence-corrected chi connectivity index (χ2v) is 8.57. The summed E-state index contributed by atoms with van der Waals surface area (Å²) in [6, 6.07) is 27.4. The maximum absolute atomic E-state index is 11.6. The zero-order chi connectivity index (χ0) is 22.3. The minimum absolute atomic E-state index is 0. The number of aliphatic hydroxyl groups is 1. The molecule has 0 bridgehead atoms. The van der Waals surface area contributed by atoms with Crippen molar-refractivity contribution < 1.29 is 15.0 Å². The van der Waals surface area contributed by atoms with Gasteiger partial charge in [0.15, 0.2) is 0 Å². The summed E-state index contributed by atoms with van der Waals surface area (Å²) < 4.78 is 0. The molecule has 3 N–H and O–H groups in total. The molecule has 33 heavy (non-hydrogen) atoms. The molecule has 3 aromatic carbocycles. The SMILES string of the molecule is Cl.O=C(O)c1ccc(-c2ccc(CCNC[C@@H](O)c3ccccc3)cc2)cc1-c1cccs1. The van der Waals surface area contributed by atoms with E-state index in [0.29, 0.717) is 12.1 Å². The number of halogens is 1. The fourth-order valence-corrected chi connectivity index (χ4v) is 4.43. The number of aliphatic hydroxyl groups excluding tert-OH is 1. The van der Waals surface area contributed by atoms with Crippen molar-refractivity contribution in [2.75, 3.05) is 13.1 Å². The molecule has 4 rings (SSSR count). The van der Waals surface area contributed by atoms with Crippen LogP contribution in [0.1, 0.15) is 27.6 Å². The molecule has 4 nitrogen and oxygen atoms in total. The van der Waals surface area contributed by atoms with Crippen molar-refractivity contribution in [3.63, 3.8) is 0 Å². The molecule has 4 aromatic rings. The predicted octanol–water partition coefficient (Wildman–Crippen LogP) is 6.07. The van der Waals surface area contributed by atoms with Gasteiger partial charge in [-0.2, -0.15) is 0 Å². The Kier molecular flexibility index (Phi) is 8.80. The first kappa shape index (κ1) is 24.7. The minimum Gasteiger partial charge on any atom is -0.478 e. The predicted molar refractivity (Wildman–Crippen MR) is 137 cm³/mol. The molecule has 0 aliphatic rings. The van der Waals surface area contributed by atoms with Gasteiger partial charge < -0.3 is 15.5 Å². The number of hydrogen-bond acceptors (Lipinski definition) is 4. The summed E-state index contributed by atoms with van der Waals surface area (Å²) in [5.41, 5.74) is 5.23. The molecule has 170 valence electrons. The van der Waals surface area contributed by atoms with Crippen LogP contribution in [-0.4, -0.2) is 29.3 Å². The number of benzene rings is 3. The van der Waals surface area contributed by atoms with Gasteiger partial charge >= 0.3 is 5.97 Å². The van der Waals surface area contributed by atoms with Gasteiger partial charge in [-0.25, -0.2) is 4.79 Å². The van der Waals surface area contributed by atoms with Crippen molar-refractivity contribution in [1.82, 2.24) is 5.32 Å². The van der Waals surface area contributed by atoms with Gasteiger partial charge in [0, 0.05) is 17.0 Å². The van der Waals surface area contributed by atoms with Crippen molar-refractivity contribution in [3.05, 3.63) is 107 Å². The van der Waals surface area contributed by atoms with Gasteiger partial charge in [-0.3, -0.25) is 0 Å². The van der Waals surface area contributed by atoms with Crippen molar-refractivity contribution in [2.45, 2.75) is 12.5 Å². The molecule has 0 saturated carbocycles. The van der Waals surface area contributed by atoms with E-state index in [2.05, 4.69) is 29.6 Å². The summed E-state index contributed by atoms with van der Waals surface area (Å²) >= 11 is 1.54. The highest BCUT2D eigenvalue weighted by Gasteiger charge is 2.14. The Morgan fingerprint density at radius 2 is 1.64 bits per heavy atom. The maximum atomic E-state index is 11.6. The lowest BCUT2D eigenvalue weighted by Gasteiger charge is -2.12. The van der Waals surface area contributed by atoms with Crippen LogP contribution in [-0.2, 0) is 6.42 Å². The summed E-state index contributed by atoms with van der Waals surface area (Å²) in [6.45, 7) is 1.29. The topological polar surface area (TPSA) is 69.6 Å². The molecule has 0 spiro atoms. The normalized spacial score (nSPS) is 11.5. The molecule has 1 heterocycles. The third kappa shape index (κ3) is 6.30. The third-order valence-corrected chi connectivity index (χ3v) is 6.34. The first-order valence-corrected chi connectivity index (χ1v) is 11.4. The smallest absolute Gasteiger partial charge is 0.336 e. The molecule has 0 aliphatic carbocycles. The van der Waals surface area contributed by atoms with Crippen LogP contribution in [0.2, 0.25) is 0 Å². The number of carboxylic acid groups (broad SMARTS) is 1. The standard InChI is InChI=1S/C27H25NO3S.ClH/c29-25(21-5-2-1-3-6-21)18-28-15-14-19-8-10-20(11-9-19)22-12-13-23(27(30)31)24(17-22)26-7-4-16-32-26;/h1-13,16-17,25,28-29H,14-15,18H2,(H,30,31);1H/t25-;/m1./s1. The summed E-state index contributed by atoms with van der Waals surface area (Å²) in [6.07, 6.45) is 0.352. The number of carbonyl (C=O) groups is 1. The summed E-state index contributed by atoms with van der Waals surface area (Å²) in [4.78, 5) is 12.6. The highest BCUT2D eigenvalue weighted by molar-refractivity contribution is 7.13. The van der Waals surface area contributed by atoms with Crippen LogP contribution < -0.4 is 5.32 Å². The Bertz CT molecular complexity index is 1160. The van der Waals surface area contributed by atoms with Gasteiger partial charge in [0.2, 0.25) is 0 Å². The molecule has 0 saturated heterocycles. The van der Waals surface area contributed by atoms with E-state index in [1.54, 1.807) is 6.07 Å². The highest BCUT2D eigenvalue weighted by Crippen LogP contribution is 2.32. The number of nitrogens with one attached hydrogen (secondary N) is 1. The lowest BCUT2D eigenvalue weighted by molar-refractivity contribution is 0.0697. The second-order valence-electron chi connectivity index (χ2n) is 7.62. The Hall–Kier alpha value is -2.96. The van der Waals surface area contributed by atoms with E-state index in [1.807, 2.05) is 60.0 Å². The Labute approximate surface area is 204 Å². The number of carboxylic acids is 1. The van der Waals surface area contributed by atoms with E-state index >= 15 is 0 Å². The monoisotopic (exact) mass is 479 g/mol. The highest BCUT2D eigenvalue weighted by atomic mass is 35.5. The van der Waals surface area contributed by atoms with Crippen molar-refractivity contribution in [3.8, 4) is 21.6 Å². The van der Waals surface area contributed by atoms with E-state index in [9.17, 15) is 15.0 Å². The molecule has 6 heteroatoms. The van der Waals surface area contributed by atoms with Crippen LogP contribution in [0.5, 0.6) is 0 Å². The molecule has 0 fully saturated rings. The van der Waals surface area contributed by atoms with Gasteiger partial charge in [0.05, 0.1) is 11.7 Å². The molecule has 1 atom stereocenters. The zero-order valence-corrected chi connectivity index (χ0v) is 19.6. The van der Waals surface area contributed by atoms with Crippen LogP contribution in [0.4, 0.5) is 0 Å². The van der Waals surface area contributed by atoms with Gasteiger partial charge in [-0.05, 0) is 58.8 Å². The van der Waals surface area contributed by atoms with E-state index in [0.717, 1.165) is 40.1 Å².